The number of carbonyl (C=O) groups excluding carboxylic acids is 1. The summed E-state index contributed by atoms with van der Waals surface area (Å²) in [6, 6.07) is 18.8. The lowest BCUT2D eigenvalue weighted by Gasteiger charge is -2.48. The van der Waals surface area contributed by atoms with Gasteiger partial charge in [-0.3, -0.25) is 4.79 Å². The molecule has 2 aliphatic rings. The van der Waals surface area contributed by atoms with E-state index in [0.717, 1.165) is 54.1 Å². The van der Waals surface area contributed by atoms with Crippen LogP contribution in [0.25, 0.3) is 21.7 Å². The molecule has 2 unspecified atom stereocenters. The van der Waals surface area contributed by atoms with Crippen LogP contribution in [-0.4, -0.2) is 46.1 Å². The third-order valence-corrected chi connectivity index (χ3v) is 7.59. The van der Waals surface area contributed by atoms with Gasteiger partial charge in [0.1, 0.15) is 18.2 Å². The lowest BCUT2D eigenvalue weighted by Crippen LogP contribution is -2.56. The topological polar surface area (TPSA) is 76.6 Å². The molecule has 3 aromatic carbocycles. The van der Waals surface area contributed by atoms with Crippen LogP contribution in [0, 0.1) is 0 Å². The number of rotatable bonds is 6. The molecule has 37 heavy (non-hydrogen) atoms. The monoisotopic (exact) mass is 494 g/mol. The van der Waals surface area contributed by atoms with Gasteiger partial charge < -0.3 is 19.7 Å². The summed E-state index contributed by atoms with van der Waals surface area (Å²) in [5.41, 5.74) is 1.72. The van der Waals surface area contributed by atoms with Crippen LogP contribution in [0.15, 0.2) is 73.6 Å². The van der Waals surface area contributed by atoms with Crippen LogP contribution in [0.3, 0.4) is 0 Å². The van der Waals surface area contributed by atoms with E-state index < -0.39 is 0 Å². The van der Waals surface area contributed by atoms with Crippen molar-refractivity contribution < 1.29 is 14.3 Å². The molecule has 2 fully saturated rings. The Hall–Kier alpha value is -4.13. The molecular formula is C30H30N4O3. The van der Waals surface area contributed by atoms with Gasteiger partial charge in [0.2, 0.25) is 5.91 Å². The van der Waals surface area contributed by atoms with Gasteiger partial charge in [0.25, 0.3) is 0 Å². The Balaban J connectivity index is 1.30. The molecular weight excluding hydrogens is 464 g/mol. The Bertz CT molecular complexity index is 1470. The maximum Gasteiger partial charge on any atom is 0.246 e. The number of carbonyl (C=O) groups is 1. The van der Waals surface area contributed by atoms with Crippen molar-refractivity contribution in [3.05, 3.63) is 73.6 Å². The number of aromatic nitrogens is 2. The van der Waals surface area contributed by atoms with Gasteiger partial charge in [-0.05, 0) is 54.3 Å². The van der Waals surface area contributed by atoms with Gasteiger partial charge in [-0.1, -0.05) is 36.9 Å². The normalized spacial score (nSPS) is 21.0. The fourth-order valence-corrected chi connectivity index (χ4v) is 5.89. The first-order valence-corrected chi connectivity index (χ1v) is 12.8. The number of piperidine rings is 2. The average molecular weight is 495 g/mol. The van der Waals surface area contributed by atoms with E-state index in [9.17, 15) is 4.79 Å². The molecule has 1 amide bonds. The molecule has 2 aliphatic heterocycles. The van der Waals surface area contributed by atoms with E-state index in [1.165, 1.54) is 11.5 Å². The third kappa shape index (κ3) is 4.46. The molecule has 1 aromatic heterocycles. The first-order chi connectivity index (χ1) is 18.1. The van der Waals surface area contributed by atoms with Crippen LogP contribution in [0.5, 0.6) is 11.5 Å². The van der Waals surface area contributed by atoms with Crippen molar-refractivity contribution in [1.29, 1.82) is 0 Å². The van der Waals surface area contributed by atoms with Gasteiger partial charge in [-0.25, -0.2) is 9.97 Å². The summed E-state index contributed by atoms with van der Waals surface area (Å²) in [4.78, 5) is 23.5. The highest BCUT2D eigenvalue weighted by Gasteiger charge is 2.41. The molecule has 7 heteroatoms. The van der Waals surface area contributed by atoms with E-state index in [1.54, 1.807) is 13.4 Å². The standard InChI is InChI=1S/C30H30N4O3/c1-3-29(35)34-22-9-6-10-23(34)15-24(14-22)37-28-16-25-26(17-27(28)36-2)31-18-32-30(25)33-21-12-11-19-7-4-5-8-20(19)13-21/h3-5,7-8,11-13,16-18,22-24H,1,6,9-10,14-15H2,2H3,(H,31,32,33). The van der Waals surface area contributed by atoms with E-state index in [1.807, 2.05) is 35.2 Å². The Morgan fingerprint density at radius 2 is 1.81 bits per heavy atom. The van der Waals surface area contributed by atoms with E-state index in [4.69, 9.17) is 9.47 Å². The summed E-state index contributed by atoms with van der Waals surface area (Å²) in [6.07, 6.45) is 7.72. The molecule has 1 N–H and O–H groups in total. The molecule has 7 nitrogen and oxygen atoms in total. The Labute approximate surface area is 216 Å². The first kappa shape index (κ1) is 23.3. The predicted octanol–water partition coefficient (Wildman–Crippen LogP) is 6.01. The van der Waals surface area contributed by atoms with Gasteiger partial charge >= 0.3 is 0 Å². The summed E-state index contributed by atoms with van der Waals surface area (Å²) in [5, 5.41) is 6.66. The second-order valence-electron chi connectivity index (χ2n) is 9.83. The predicted molar refractivity (Wildman–Crippen MR) is 145 cm³/mol. The zero-order chi connectivity index (χ0) is 25.4. The molecule has 0 spiro atoms. The van der Waals surface area contributed by atoms with Crippen LogP contribution < -0.4 is 14.8 Å². The van der Waals surface area contributed by atoms with Crippen LogP contribution in [0.1, 0.15) is 32.1 Å². The fraction of sp³-hybridized carbons (Fsp3) is 0.300. The second kappa shape index (κ2) is 9.73. The van der Waals surface area contributed by atoms with E-state index >= 15 is 0 Å². The number of nitrogens with zero attached hydrogens (tertiary/aromatic N) is 3. The molecule has 2 saturated heterocycles. The van der Waals surface area contributed by atoms with Crippen molar-refractivity contribution in [2.75, 3.05) is 12.4 Å². The van der Waals surface area contributed by atoms with Crippen LogP contribution in [0.2, 0.25) is 0 Å². The van der Waals surface area contributed by atoms with E-state index in [2.05, 4.69) is 46.1 Å². The van der Waals surface area contributed by atoms with Crippen molar-refractivity contribution in [3.8, 4) is 11.5 Å². The van der Waals surface area contributed by atoms with Gasteiger partial charge in [0, 0.05) is 42.1 Å². The zero-order valence-electron chi connectivity index (χ0n) is 20.9. The minimum absolute atomic E-state index is 0.00274. The van der Waals surface area contributed by atoms with Crippen LogP contribution >= 0.6 is 0 Å². The molecule has 6 rings (SSSR count). The molecule has 4 aromatic rings. The molecule has 3 heterocycles. The van der Waals surface area contributed by atoms with Gasteiger partial charge in [-0.15, -0.1) is 0 Å². The lowest BCUT2D eigenvalue weighted by molar-refractivity contribution is -0.137. The Kier molecular flexibility index (Phi) is 6.12. The van der Waals surface area contributed by atoms with E-state index in [0.29, 0.717) is 17.3 Å². The number of ether oxygens (including phenoxy) is 2. The second-order valence-corrected chi connectivity index (χ2v) is 9.83. The Morgan fingerprint density at radius 3 is 2.57 bits per heavy atom. The quantitative estimate of drug-likeness (QED) is 0.331. The third-order valence-electron chi connectivity index (χ3n) is 7.59. The summed E-state index contributed by atoms with van der Waals surface area (Å²) < 4.78 is 12.3. The molecule has 2 atom stereocenters. The summed E-state index contributed by atoms with van der Waals surface area (Å²) >= 11 is 0. The highest BCUT2D eigenvalue weighted by Crippen LogP contribution is 2.40. The van der Waals surface area contributed by atoms with Crippen LogP contribution in [-0.2, 0) is 4.79 Å². The van der Waals surface area contributed by atoms with Crippen molar-refractivity contribution in [3.63, 3.8) is 0 Å². The van der Waals surface area contributed by atoms with Gasteiger partial charge in [-0.2, -0.15) is 0 Å². The molecule has 0 aliphatic carbocycles. The van der Waals surface area contributed by atoms with Crippen molar-refractivity contribution in [1.82, 2.24) is 14.9 Å². The number of amides is 1. The number of methoxy groups -OCH3 is 1. The largest absolute Gasteiger partial charge is 0.493 e. The van der Waals surface area contributed by atoms with Crippen molar-refractivity contribution in [2.45, 2.75) is 50.3 Å². The highest BCUT2D eigenvalue weighted by atomic mass is 16.5. The molecule has 2 bridgehead atoms. The number of hydrogen-bond donors (Lipinski definition) is 1. The summed E-state index contributed by atoms with van der Waals surface area (Å²) in [5.74, 6) is 2.03. The van der Waals surface area contributed by atoms with Crippen molar-refractivity contribution in [2.24, 2.45) is 0 Å². The number of fused-ring (bicyclic) bond motifs is 4. The van der Waals surface area contributed by atoms with Crippen molar-refractivity contribution >= 4 is 39.1 Å². The maximum atomic E-state index is 12.5. The number of anilines is 2. The summed E-state index contributed by atoms with van der Waals surface area (Å²) in [6.45, 7) is 3.70. The smallest absolute Gasteiger partial charge is 0.246 e. The van der Waals surface area contributed by atoms with Crippen LogP contribution in [0.4, 0.5) is 11.5 Å². The summed E-state index contributed by atoms with van der Waals surface area (Å²) in [7, 11) is 1.64. The number of benzene rings is 3. The maximum absolute atomic E-state index is 12.5. The highest BCUT2D eigenvalue weighted by molar-refractivity contribution is 5.94. The lowest BCUT2D eigenvalue weighted by atomic mass is 9.82. The fourth-order valence-electron chi connectivity index (χ4n) is 5.89. The number of nitrogens with one attached hydrogen (secondary N) is 1. The molecule has 0 saturated carbocycles. The molecule has 188 valence electrons. The molecule has 0 radical (unpaired) electrons. The van der Waals surface area contributed by atoms with E-state index in [-0.39, 0.29) is 24.1 Å². The minimum atomic E-state index is -0.00274. The zero-order valence-corrected chi connectivity index (χ0v) is 20.9. The minimum Gasteiger partial charge on any atom is -0.493 e. The first-order valence-electron chi connectivity index (χ1n) is 12.8. The average Bonchev–Trinajstić information content (AvgIpc) is 2.92. The SMILES string of the molecule is C=CC(=O)N1C2CCCC1CC(Oc1cc3c(Nc4ccc5ccccc5c4)ncnc3cc1OC)C2. The number of hydrogen-bond acceptors (Lipinski definition) is 6. The van der Waals surface area contributed by atoms with Gasteiger partial charge in [0.05, 0.1) is 12.6 Å². The van der Waals surface area contributed by atoms with Gasteiger partial charge in [0.15, 0.2) is 11.5 Å². The Morgan fingerprint density at radius 1 is 1.03 bits per heavy atom.